The van der Waals surface area contributed by atoms with Crippen molar-refractivity contribution in [3.8, 4) is 0 Å². The summed E-state index contributed by atoms with van der Waals surface area (Å²) < 4.78 is 0. The zero-order valence-corrected chi connectivity index (χ0v) is 8.17. The first-order valence-electron chi connectivity index (χ1n) is 4.63. The molecular weight excluding hydrogens is 168 g/mol. The molecule has 0 heterocycles. The molecule has 0 bridgehead atoms. The molecule has 0 aromatic rings. The molecule has 13 heavy (non-hydrogen) atoms. The van der Waals surface area contributed by atoms with Crippen LogP contribution < -0.4 is 5.32 Å². The van der Waals surface area contributed by atoms with Gasteiger partial charge in [-0.05, 0) is 19.9 Å². The molecule has 0 spiro atoms. The van der Waals surface area contributed by atoms with E-state index in [1.54, 1.807) is 7.05 Å². The van der Waals surface area contributed by atoms with Crippen LogP contribution in [0.1, 0.15) is 19.8 Å². The van der Waals surface area contributed by atoms with Gasteiger partial charge in [0, 0.05) is 25.9 Å². The van der Waals surface area contributed by atoms with Gasteiger partial charge in [0.25, 0.3) is 0 Å². The van der Waals surface area contributed by atoms with Crippen molar-refractivity contribution in [2.75, 3.05) is 20.1 Å². The third kappa shape index (κ3) is 2.81. The first-order valence-corrected chi connectivity index (χ1v) is 4.63. The molecule has 1 N–H and O–H groups in total. The summed E-state index contributed by atoms with van der Waals surface area (Å²) in [7, 11) is 1.81. The Balaban J connectivity index is 2.45. The molecule has 0 radical (unpaired) electrons. The van der Waals surface area contributed by atoms with Crippen molar-refractivity contribution in [3.63, 3.8) is 0 Å². The monoisotopic (exact) mass is 184 g/mol. The second-order valence-corrected chi connectivity index (χ2v) is 3.39. The van der Waals surface area contributed by atoms with Gasteiger partial charge in [0.1, 0.15) is 0 Å². The van der Waals surface area contributed by atoms with Crippen molar-refractivity contribution in [2.45, 2.75) is 19.8 Å². The van der Waals surface area contributed by atoms with Gasteiger partial charge in [-0.1, -0.05) is 0 Å². The van der Waals surface area contributed by atoms with Gasteiger partial charge in [0.2, 0.25) is 11.8 Å². The summed E-state index contributed by atoms with van der Waals surface area (Å²) in [5.74, 6) is -0.0179. The maximum Gasteiger partial charge on any atom is 0.232 e. The highest BCUT2D eigenvalue weighted by atomic mass is 16.2. The van der Waals surface area contributed by atoms with Gasteiger partial charge in [0.15, 0.2) is 0 Å². The van der Waals surface area contributed by atoms with Crippen LogP contribution in [0.5, 0.6) is 0 Å². The van der Waals surface area contributed by atoms with E-state index in [1.807, 2.05) is 0 Å². The van der Waals surface area contributed by atoms with E-state index in [0.29, 0.717) is 13.1 Å². The van der Waals surface area contributed by atoms with Crippen LogP contribution in [0.25, 0.3) is 0 Å². The second-order valence-electron chi connectivity index (χ2n) is 3.39. The highest BCUT2D eigenvalue weighted by Gasteiger charge is 2.34. The standard InChI is InChI=1S/C9H16N2O2/c1-7(12)11(6-5-10-2)9(13)8-3-4-8/h8,10H,3-6H2,1-2H3. The summed E-state index contributed by atoms with van der Waals surface area (Å²) in [6.07, 6.45) is 1.89. The molecule has 1 rings (SSSR count). The Morgan fingerprint density at radius 2 is 2.08 bits per heavy atom. The van der Waals surface area contributed by atoms with E-state index in [-0.39, 0.29) is 17.7 Å². The number of carbonyl (C=O) groups is 2. The van der Waals surface area contributed by atoms with E-state index >= 15 is 0 Å². The van der Waals surface area contributed by atoms with E-state index in [0.717, 1.165) is 12.8 Å². The topological polar surface area (TPSA) is 49.4 Å². The van der Waals surface area contributed by atoms with Crippen LogP contribution in [-0.4, -0.2) is 36.9 Å². The van der Waals surface area contributed by atoms with E-state index in [2.05, 4.69) is 5.32 Å². The number of hydrogen-bond donors (Lipinski definition) is 1. The number of likely N-dealkylation sites (N-methyl/N-ethyl adjacent to an activating group) is 1. The normalized spacial score (nSPS) is 15.5. The van der Waals surface area contributed by atoms with Gasteiger partial charge in [-0.3, -0.25) is 14.5 Å². The van der Waals surface area contributed by atoms with Crippen LogP contribution in [0.4, 0.5) is 0 Å². The molecule has 2 amide bonds. The summed E-state index contributed by atoms with van der Waals surface area (Å²) in [5, 5.41) is 2.92. The van der Waals surface area contributed by atoms with Crippen LogP contribution in [0.2, 0.25) is 0 Å². The lowest BCUT2D eigenvalue weighted by molar-refractivity contribution is -0.144. The highest BCUT2D eigenvalue weighted by molar-refractivity contribution is 5.96. The van der Waals surface area contributed by atoms with Crippen LogP contribution >= 0.6 is 0 Å². The van der Waals surface area contributed by atoms with Crippen molar-refractivity contribution >= 4 is 11.8 Å². The molecule has 1 saturated carbocycles. The minimum absolute atomic E-state index is 0.00255. The molecule has 0 saturated heterocycles. The molecule has 1 aliphatic rings. The van der Waals surface area contributed by atoms with Crippen LogP contribution in [0.3, 0.4) is 0 Å². The van der Waals surface area contributed by atoms with E-state index in [4.69, 9.17) is 0 Å². The first kappa shape index (κ1) is 10.2. The molecule has 4 heteroatoms. The van der Waals surface area contributed by atoms with Crippen molar-refractivity contribution in [3.05, 3.63) is 0 Å². The number of rotatable bonds is 4. The molecular formula is C9H16N2O2. The Morgan fingerprint density at radius 3 is 2.46 bits per heavy atom. The van der Waals surface area contributed by atoms with Crippen LogP contribution in [0.15, 0.2) is 0 Å². The van der Waals surface area contributed by atoms with Crippen molar-refractivity contribution in [1.29, 1.82) is 0 Å². The van der Waals surface area contributed by atoms with Crippen molar-refractivity contribution in [1.82, 2.24) is 10.2 Å². The van der Waals surface area contributed by atoms with Crippen LogP contribution in [-0.2, 0) is 9.59 Å². The number of amides is 2. The molecule has 1 aliphatic carbocycles. The fourth-order valence-electron chi connectivity index (χ4n) is 1.20. The molecule has 0 atom stereocenters. The summed E-state index contributed by atoms with van der Waals surface area (Å²) in [6.45, 7) is 2.59. The number of hydrogen-bond acceptors (Lipinski definition) is 3. The average molecular weight is 184 g/mol. The van der Waals surface area contributed by atoms with E-state index in [9.17, 15) is 9.59 Å². The Morgan fingerprint density at radius 1 is 1.46 bits per heavy atom. The average Bonchev–Trinajstić information content (AvgIpc) is 2.86. The molecule has 1 fully saturated rings. The summed E-state index contributed by atoms with van der Waals surface area (Å²) in [5.41, 5.74) is 0. The Hall–Kier alpha value is -0.900. The summed E-state index contributed by atoms with van der Waals surface area (Å²) in [6, 6.07) is 0. The number of imide groups is 1. The lowest BCUT2D eigenvalue weighted by Gasteiger charge is -2.18. The molecule has 0 aliphatic heterocycles. The Labute approximate surface area is 78.3 Å². The predicted octanol–water partition coefficient (Wildman–Crippen LogP) is -0.00910. The Kier molecular flexibility index (Phi) is 3.42. The fraction of sp³-hybridized carbons (Fsp3) is 0.778. The SMILES string of the molecule is CNCCN(C(C)=O)C(=O)C1CC1. The van der Waals surface area contributed by atoms with Gasteiger partial charge in [-0.25, -0.2) is 0 Å². The highest BCUT2D eigenvalue weighted by Crippen LogP contribution is 2.30. The molecule has 74 valence electrons. The first-order chi connectivity index (χ1) is 6.16. The van der Waals surface area contributed by atoms with Crippen LogP contribution in [0, 0.1) is 5.92 Å². The van der Waals surface area contributed by atoms with Gasteiger partial charge in [-0.15, -0.1) is 0 Å². The molecule has 0 aromatic carbocycles. The third-order valence-electron chi connectivity index (χ3n) is 2.16. The smallest absolute Gasteiger partial charge is 0.232 e. The Bertz CT molecular complexity index is 212. The maximum atomic E-state index is 11.5. The van der Waals surface area contributed by atoms with Gasteiger partial charge in [-0.2, -0.15) is 0 Å². The number of carbonyl (C=O) groups excluding carboxylic acids is 2. The molecule has 0 aromatic heterocycles. The second kappa shape index (κ2) is 4.37. The summed E-state index contributed by atoms with van der Waals surface area (Å²) >= 11 is 0. The number of nitrogens with one attached hydrogen (secondary N) is 1. The minimum atomic E-state index is -0.146. The minimum Gasteiger partial charge on any atom is -0.318 e. The lowest BCUT2D eigenvalue weighted by Crippen LogP contribution is -2.40. The van der Waals surface area contributed by atoms with E-state index < -0.39 is 0 Å². The summed E-state index contributed by atoms with van der Waals surface area (Å²) in [4.78, 5) is 24.0. The molecule has 4 nitrogen and oxygen atoms in total. The predicted molar refractivity (Wildman–Crippen MR) is 49.0 cm³/mol. The zero-order chi connectivity index (χ0) is 9.84. The van der Waals surface area contributed by atoms with Gasteiger partial charge < -0.3 is 5.32 Å². The van der Waals surface area contributed by atoms with E-state index in [1.165, 1.54) is 11.8 Å². The molecule has 0 unspecified atom stereocenters. The van der Waals surface area contributed by atoms with Gasteiger partial charge in [0.05, 0.1) is 0 Å². The zero-order valence-electron chi connectivity index (χ0n) is 8.17. The lowest BCUT2D eigenvalue weighted by atomic mass is 10.3. The van der Waals surface area contributed by atoms with Crippen molar-refractivity contribution in [2.24, 2.45) is 5.92 Å². The maximum absolute atomic E-state index is 11.5. The number of nitrogens with zero attached hydrogens (tertiary/aromatic N) is 1. The third-order valence-corrected chi connectivity index (χ3v) is 2.16. The van der Waals surface area contributed by atoms with Gasteiger partial charge >= 0.3 is 0 Å². The quantitative estimate of drug-likeness (QED) is 0.668. The fourth-order valence-corrected chi connectivity index (χ4v) is 1.20. The largest absolute Gasteiger partial charge is 0.318 e. The van der Waals surface area contributed by atoms with Crippen molar-refractivity contribution < 1.29 is 9.59 Å².